The van der Waals surface area contributed by atoms with E-state index in [-0.39, 0.29) is 18.7 Å². The molecule has 2 aromatic heterocycles. The number of aliphatic hydroxyl groups excluding tert-OH is 1. The summed E-state index contributed by atoms with van der Waals surface area (Å²) in [5.41, 5.74) is 6.29. The van der Waals surface area contributed by atoms with Gasteiger partial charge in [0.05, 0.1) is 35.8 Å². The van der Waals surface area contributed by atoms with Crippen molar-refractivity contribution in [3.8, 4) is 0 Å². The Bertz CT molecular complexity index is 1380. The minimum atomic E-state index is -0.506. The summed E-state index contributed by atoms with van der Waals surface area (Å²) in [6.07, 6.45) is 2.22. The van der Waals surface area contributed by atoms with Gasteiger partial charge in [0.1, 0.15) is 18.3 Å². The van der Waals surface area contributed by atoms with Crippen molar-refractivity contribution in [2.75, 3.05) is 25.2 Å². The number of hydrogen-bond donors (Lipinski definition) is 3. The lowest BCUT2D eigenvalue weighted by molar-refractivity contribution is 0.0841. The third-order valence-corrected chi connectivity index (χ3v) is 6.63. The third-order valence-electron chi connectivity index (χ3n) is 6.63. The van der Waals surface area contributed by atoms with Crippen LogP contribution >= 0.6 is 0 Å². The van der Waals surface area contributed by atoms with Gasteiger partial charge < -0.3 is 5.11 Å². The van der Waals surface area contributed by atoms with E-state index < -0.39 is 12.0 Å². The zero-order valence-corrected chi connectivity index (χ0v) is 18.5. The summed E-state index contributed by atoms with van der Waals surface area (Å²) in [6, 6.07) is 13.8. The summed E-state index contributed by atoms with van der Waals surface area (Å²) < 4.78 is 1.66. The lowest BCUT2D eigenvalue weighted by Gasteiger charge is -2.30. The Balaban J connectivity index is 1.49. The molecule has 0 spiro atoms. The molecule has 2 aliphatic rings. The van der Waals surface area contributed by atoms with Gasteiger partial charge in [-0.05, 0) is 42.8 Å². The molecule has 4 aromatic rings. The first-order chi connectivity index (χ1) is 16.7. The molecule has 34 heavy (non-hydrogen) atoms. The maximum atomic E-state index is 12.5. The fourth-order valence-electron chi connectivity index (χ4n) is 4.80. The molecule has 2 aliphatic heterocycles. The van der Waals surface area contributed by atoms with Crippen LogP contribution in [-0.2, 0) is 17.9 Å². The van der Waals surface area contributed by atoms with Gasteiger partial charge in [0.15, 0.2) is 0 Å². The molecular weight excluding hydrogens is 434 g/mol. The molecule has 0 bridgehead atoms. The minimum absolute atomic E-state index is 0.0803. The Hall–Kier alpha value is -3.60. The van der Waals surface area contributed by atoms with Crippen LogP contribution in [0.4, 0.5) is 5.69 Å². The number of likely N-dealkylation sites (tertiary alicyclic amines) is 1. The van der Waals surface area contributed by atoms with Crippen molar-refractivity contribution < 1.29 is 9.94 Å². The molecule has 0 aliphatic carbocycles. The second-order valence-corrected chi connectivity index (χ2v) is 8.72. The Labute approximate surface area is 195 Å². The number of hydrogen-bond acceptors (Lipinski definition) is 8. The lowest BCUT2D eigenvalue weighted by atomic mass is 9.89. The van der Waals surface area contributed by atoms with Crippen LogP contribution in [0.25, 0.3) is 10.8 Å². The molecule has 10 heteroatoms. The summed E-state index contributed by atoms with van der Waals surface area (Å²) in [5.74, 6) is 0.119. The summed E-state index contributed by atoms with van der Waals surface area (Å²) in [5, 5.41) is 22.2. The van der Waals surface area contributed by atoms with E-state index in [2.05, 4.69) is 54.9 Å². The molecule has 3 N–H and O–H groups in total. The molecule has 1 fully saturated rings. The topological polar surface area (TPSA) is 121 Å². The van der Waals surface area contributed by atoms with Crippen molar-refractivity contribution in [3.05, 3.63) is 81.8 Å². The maximum Gasteiger partial charge on any atom is 0.272 e. The predicted octanol–water partition coefficient (Wildman–Crippen LogP) is 1.94. The standard InChI is InChI=1S/C24H25N7O3/c32-12-11-31-23(25-14-26-31)20-21-19-17(24(33)28-27-21)3-1-4-18(19)29-34-22(20)16-7-5-15(6-8-16)13-30-9-2-10-30/h1,3-8,14,20,22,29,32H,2,9-13H2,(H,28,33). The van der Waals surface area contributed by atoms with Gasteiger partial charge in [-0.25, -0.2) is 14.8 Å². The van der Waals surface area contributed by atoms with Crippen LogP contribution in [0.2, 0.25) is 0 Å². The van der Waals surface area contributed by atoms with Crippen LogP contribution in [0.1, 0.15) is 41.1 Å². The van der Waals surface area contributed by atoms with E-state index in [0.717, 1.165) is 25.2 Å². The fraction of sp³-hybridized carbons (Fsp3) is 0.333. The van der Waals surface area contributed by atoms with Crippen molar-refractivity contribution in [2.45, 2.75) is 31.5 Å². The molecule has 174 valence electrons. The van der Waals surface area contributed by atoms with E-state index in [1.165, 1.54) is 18.3 Å². The number of nitrogens with one attached hydrogen (secondary N) is 2. The number of anilines is 1. The molecule has 2 unspecified atom stereocenters. The Morgan fingerprint density at radius 1 is 1.15 bits per heavy atom. The Morgan fingerprint density at radius 3 is 2.76 bits per heavy atom. The van der Waals surface area contributed by atoms with Crippen molar-refractivity contribution in [1.29, 1.82) is 0 Å². The van der Waals surface area contributed by atoms with Crippen LogP contribution in [0, 0.1) is 0 Å². The molecular formula is C24H25N7O3. The van der Waals surface area contributed by atoms with Gasteiger partial charge in [0, 0.05) is 11.9 Å². The van der Waals surface area contributed by atoms with Gasteiger partial charge in [-0.15, -0.1) is 0 Å². The van der Waals surface area contributed by atoms with Crippen molar-refractivity contribution >= 4 is 16.5 Å². The van der Waals surface area contributed by atoms with E-state index in [4.69, 9.17) is 4.84 Å². The first-order valence-electron chi connectivity index (χ1n) is 11.5. The van der Waals surface area contributed by atoms with E-state index in [1.54, 1.807) is 16.8 Å². The number of aromatic nitrogens is 5. The smallest absolute Gasteiger partial charge is 0.272 e. The number of benzene rings is 2. The zero-order valence-electron chi connectivity index (χ0n) is 18.5. The molecule has 2 atom stereocenters. The summed E-state index contributed by atoms with van der Waals surface area (Å²) >= 11 is 0. The Morgan fingerprint density at radius 2 is 2.00 bits per heavy atom. The summed E-state index contributed by atoms with van der Waals surface area (Å²) in [4.78, 5) is 25.8. The number of H-pyrrole nitrogens is 1. The van der Waals surface area contributed by atoms with Gasteiger partial charge in [-0.1, -0.05) is 30.3 Å². The quantitative estimate of drug-likeness (QED) is 0.400. The number of aromatic amines is 1. The van der Waals surface area contributed by atoms with Gasteiger partial charge in [0.25, 0.3) is 5.56 Å². The first kappa shape index (κ1) is 21.0. The van der Waals surface area contributed by atoms with E-state index in [1.807, 2.05) is 6.07 Å². The van der Waals surface area contributed by atoms with Crippen molar-refractivity contribution in [2.24, 2.45) is 0 Å². The number of rotatable bonds is 6. The van der Waals surface area contributed by atoms with Crippen LogP contribution in [0.5, 0.6) is 0 Å². The molecule has 2 aromatic carbocycles. The van der Waals surface area contributed by atoms with E-state index in [9.17, 15) is 9.90 Å². The average molecular weight is 460 g/mol. The molecule has 0 radical (unpaired) electrons. The monoisotopic (exact) mass is 459 g/mol. The Kier molecular flexibility index (Phi) is 5.33. The van der Waals surface area contributed by atoms with Crippen LogP contribution in [-0.4, -0.2) is 54.7 Å². The van der Waals surface area contributed by atoms with Gasteiger partial charge in [-0.2, -0.15) is 10.2 Å². The summed E-state index contributed by atoms with van der Waals surface area (Å²) in [6.45, 7) is 3.43. The highest BCUT2D eigenvalue weighted by Gasteiger charge is 2.37. The fourth-order valence-corrected chi connectivity index (χ4v) is 4.80. The van der Waals surface area contributed by atoms with E-state index in [0.29, 0.717) is 28.0 Å². The number of aliphatic hydroxyl groups is 1. The summed E-state index contributed by atoms with van der Waals surface area (Å²) in [7, 11) is 0. The lowest BCUT2D eigenvalue weighted by Crippen LogP contribution is -2.36. The normalized spacial score (nSPS) is 20.0. The molecule has 6 rings (SSSR count). The largest absolute Gasteiger partial charge is 0.394 e. The molecule has 1 saturated heterocycles. The molecule has 0 amide bonds. The molecule has 4 heterocycles. The minimum Gasteiger partial charge on any atom is -0.394 e. The highest BCUT2D eigenvalue weighted by atomic mass is 16.7. The molecule has 0 saturated carbocycles. The SMILES string of the molecule is O=c1[nH]nc2c3c(cccc13)NOC(c1ccc(CN3CCC3)cc1)C2c1ncnn1CCO. The average Bonchev–Trinajstić information content (AvgIpc) is 3.21. The van der Waals surface area contributed by atoms with Crippen LogP contribution in [0.15, 0.2) is 53.6 Å². The third kappa shape index (κ3) is 3.56. The zero-order chi connectivity index (χ0) is 23.1. The van der Waals surface area contributed by atoms with Crippen LogP contribution in [0.3, 0.4) is 0 Å². The van der Waals surface area contributed by atoms with Gasteiger partial charge in [0.2, 0.25) is 0 Å². The highest BCUT2D eigenvalue weighted by Crippen LogP contribution is 2.44. The van der Waals surface area contributed by atoms with Crippen LogP contribution < -0.4 is 11.0 Å². The molecule has 10 nitrogen and oxygen atoms in total. The van der Waals surface area contributed by atoms with E-state index >= 15 is 0 Å². The maximum absolute atomic E-state index is 12.5. The first-order valence-corrected chi connectivity index (χ1v) is 11.5. The predicted molar refractivity (Wildman–Crippen MR) is 125 cm³/mol. The van der Waals surface area contributed by atoms with Crippen molar-refractivity contribution in [1.82, 2.24) is 29.9 Å². The van der Waals surface area contributed by atoms with Gasteiger partial charge in [-0.3, -0.25) is 20.0 Å². The van der Waals surface area contributed by atoms with Gasteiger partial charge >= 0.3 is 0 Å². The second kappa shape index (κ2) is 8.64. The van der Waals surface area contributed by atoms with Crippen molar-refractivity contribution in [3.63, 3.8) is 0 Å². The number of nitrogens with zero attached hydrogens (tertiary/aromatic N) is 5. The second-order valence-electron chi connectivity index (χ2n) is 8.72. The highest BCUT2D eigenvalue weighted by molar-refractivity contribution is 5.95.